The third kappa shape index (κ3) is 31.7. The van der Waals surface area contributed by atoms with Crippen molar-refractivity contribution in [2.24, 2.45) is 0 Å². The summed E-state index contributed by atoms with van der Waals surface area (Å²) < 4.78 is 52.8. The maximum Gasteiger partial charge on any atom is 0.394 e. The van der Waals surface area contributed by atoms with E-state index in [4.69, 9.17) is 58.0 Å². The summed E-state index contributed by atoms with van der Waals surface area (Å²) in [4.78, 5) is -0.609. The fourth-order valence-corrected chi connectivity index (χ4v) is 1.75. The van der Waals surface area contributed by atoms with E-state index in [-0.39, 0.29) is 18.8 Å². The Bertz CT molecular complexity index is 157. The number of hydrogen-bond acceptors (Lipinski definition) is 0. The lowest BCUT2D eigenvalue weighted by atomic mass is 10.4. The third-order valence-corrected chi connectivity index (χ3v) is 1.54. The van der Waals surface area contributed by atoms with Crippen LogP contribution >= 0.6 is 70.4 Å². The zero-order valence-electron chi connectivity index (χ0n) is 7.76. The number of halogens is 11. The van der Waals surface area contributed by atoms with Crippen molar-refractivity contribution in [1.82, 2.24) is 0 Å². The molecule has 0 aromatic heterocycles. The van der Waals surface area contributed by atoms with Gasteiger partial charge in [0.2, 0.25) is 6.43 Å². The van der Waals surface area contributed by atoms with Crippen molar-refractivity contribution in [3.8, 4) is 0 Å². The van der Waals surface area contributed by atoms with E-state index in [2.05, 4.69) is 0 Å². The van der Waals surface area contributed by atoms with Gasteiger partial charge in [0, 0.05) is 6.42 Å². The van der Waals surface area contributed by atoms with Gasteiger partial charge in [0.1, 0.15) is 11.3 Å². The minimum absolute atomic E-state index is 0. The molecule has 0 bridgehead atoms. The van der Waals surface area contributed by atoms with Crippen LogP contribution in [-0.4, -0.2) is 21.2 Å². The van der Waals surface area contributed by atoms with Gasteiger partial charge in [-0.15, -0.1) is 35.6 Å². The van der Waals surface area contributed by atoms with Crippen LogP contribution in [0.15, 0.2) is 0 Å². The van der Waals surface area contributed by atoms with Crippen LogP contribution < -0.4 is 0 Å². The summed E-state index contributed by atoms with van der Waals surface area (Å²) in [5.41, 5.74) is 0. The first kappa shape index (κ1) is 23.5. The van der Waals surface area contributed by atoms with Gasteiger partial charge in [-0.25, -0.2) is 8.78 Å². The lowest BCUT2D eigenvalue weighted by molar-refractivity contribution is -0.158. The SMILES string of the molecule is Cl.ClC(Cl)CC(Cl)(Cl)Cl.FC(F)CC(F)(F)F. The average Bonchev–Trinajstić information content (AvgIpc) is 1.72. The molecule has 0 aromatic rings. The molecule has 0 radical (unpaired) electrons. The predicted molar refractivity (Wildman–Crippen MR) is 64.3 cm³/mol. The highest BCUT2D eigenvalue weighted by molar-refractivity contribution is 6.68. The molecule has 0 saturated carbocycles. The fourth-order valence-electron chi connectivity index (χ4n) is 0.350. The number of hydrogen-bond donors (Lipinski definition) is 0. The van der Waals surface area contributed by atoms with Crippen LogP contribution in [0.4, 0.5) is 22.0 Å². The molecule has 17 heavy (non-hydrogen) atoms. The minimum atomic E-state index is -4.73. The van der Waals surface area contributed by atoms with E-state index in [1.807, 2.05) is 0 Å². The largest absolute Gasteiger partial charge is 0.394 e. The Morgan fingerprint density at radius 1 is 0.882 bits per heavy atom. The molecule has 0 saturated heterocycles. The standard InChI is InChI=1S/C3H3Cl5.C3H3F5.ClH/c2*4-2(5)1-3(6,7)8;/h2*2H,1H2;1H. The van der Waals surface area contributed by atoms with Crippen molar-refractivity contribution in [2.75, 3.05) is 0 Å². The molecule has 0 aliphatic heterocycles. The molecule has 0 spiro atoms. The van der Waals surface area contributed by atoms with Crippen LogP contribution in [-0.2, 0) is 0 Å². The number of alkyl halides is 10. The maximum absolute atomic E-state index is 10.8. The second-order valence-corrected chi connectivity index (χ2v) is 6.21. The van der Waals surface area contributed by atoms with Crippen LogP contribution in [0.5, 0.6) is 0 Å². The van der Waals surface area contributed by atoms with Crippen molar-refractivity contribution in [3.05, 3.63) is 0 Å². The molecule has 0 N–H and O–H groups in total. The van der Waals surface area contributed by atoms with Crippen LogP contribution in [0.3, 0.4) is 0 Å². The van der Waals surface area contributed by atoms with Crippen LogP contribution in [0.2, 0.25) is 0 Å². The highest BCUT2D eigenvalue weighted by atomic mass is 35.6. The second-order valence-electron chi connectivity index (χ2n) is 2.42. The predicted octanol–water partition coefficient (Wildman–Crippen LogP) is 6.18. The number of rotatable bonds is 2. The molecule has 0 aromatic carbocycles. The highest BCUT2D eigenvalue weighted by Gasteiger charge is 2.31. The van der Waals surface area contributed by atoms with Crippen LogP contribution in [0, 0.1) is 0 Å². The molecule has 0 aliphatic rings. The van der Waals surface area contributed by atoms with E-state index < -0.39 is 27.7 Å². The Labute approximate surface area is 126 Å². The summed E-state index contributed by atoms with van der Waals surface area (Å²) in [7, 11) is 0. The average molecular weight is 387 g/mol. The van der Waals surface area contributed by atoms with Crippen molar-refractivity contribution >= 4 is 70.4 Å². The van der Waals surface area contributed by atoms with E-state index in [9.17, 15) is 22.0 Å². The summed E-state index contributed by atoms with van der Waals surface area (Å²) in [6, 6.07) is 0. The Kier molecular flexibility index (Phi) is 14.1. The normalized spacial score (nSPS) is 12.0. The summed E-state index contributed by atoms with van der Waals surface area (Å²) >= 11 is 26.4. The van der Waals surface area contributed by atoms with Crippen LogP contribution in [0.1, 0.15) is 12.8 Å². The van der Waals surface area contributed by atoms with Gasteiger partial charge in [0.25, 0.3) is 0 Å². The van der Waals surface area contributed by atoms with Gasteiger partial charge < -0.3 is 0 Å². The molecule has 0 aliphatic carbocycles. The fraction of sp³-hybridized carbons (Fsp3) is 1.00. The first-order chi connectivity index (χ1) is 6.83. The molecule has 0 amide bonds. The molecule has 11 heteroatoms. The van der Waals surface area contributed by atoms with Crippen molar-refractivity contribution < 1.29 is 22.0 Å². The van der Waals surface area contributed by atoms with Crippen molar-refractivity contribution in [1.29, 1.82) is 0 Å². The smallest absolute Gasteiger partial charge is 0.210 e. The minimum Gasteiger partial charge on any atom is -0.210 e. The lowest BCUT2D eigenvalue weighted by Crippen LogP contribution is -2.12. The first-order valence-electron chi connectivity index (χ1n) is 3.53. The second kappa shape index (κ2) is 10.2. The van der Waals surface area contributed by atoms with Gasteiger partial charge in [-0.05, 0) is 0 Å². The van der Waals surface area contributed by atoms with Gasteiger partial charge in [-0.3, -0.25) is 0 Å². The van der Waals surface area contributed by atoms with Crippen LogP contribution in [0.25, 0.3) is 0 Å². The summed E-state index contributed by atoms with van der Waals surface area (Å²) in [6.45, 7) is 0. The van der Waals surface area contributed by atoms with E-state index >= 15 is 0 Å². The van der Waals surface area contributed by atoms with Crippen molar-refractivity contribution in [3.63, 3.8) is 0 Å². The summed E-state index contributed by atoms with van der Waals surface area (Å²) in [5.74, 6) is 0. The summed E-state index contributed by atoms with van der Waals surface area (Å²) in [5, 5.41) is 0. The molecule has 0 nitrogen and oxygen atoms in total. The molecule has 108 valence electrons. The maximum atomic E-state index is 10.8. The third-order valence-electron chi connectivity index (χ3n) is 0.772. The topological polar surface area (TPSA) is 0 Å². The van der Waals surface area contributed by atoms with Gasteiger partial charge in [-0.1, -0.05) is 34.8 Å². The van der Waals surface area contributed by atoms with E-state index in [0.29, 0.717) is 0 Å². The van der Waals surface area contributed by atoms with E-state index in [0.717, 1.165) is 0 Å². The zero-order chi connectivity index (χ0) is 13.6. The molecule has 0 heterocycles. The molecule has 0 atom stereocenters. The quantitative estimate of drug-likeness (QED) is 0.393. The first-order valence-corrected chi connectivity index (χ1v) is 5.54. The van der Waals surface area contributed by atoms with E-state index in [1.54, 1.807) is 0 Å². The highest BCUT2D eigenvalue weighted by Crippen LogP contribution is 2.33. The Morgan fingerprint density at radius 3 is 1.24 bits per heavy atom. The zero-order valence-corrected chi connectivity index (χ0v) is 12.4. The molecule has 0 rings (SSSR count). The molecular formula is C6H7Cl6F5. The van der Waals surface area contributed by atoms with E-state index in [1.165, 1.54) is 0 Å². The molecule has 0 fully saturated rings. The Hall–Kier alpha value is 1.39. The summed E-state index contributed by atoms with van der Waals surface area (Å²) in [6.07, 6.45) is -9.86. The Morgan fingerprint density at radius 2 is 1.24 bits per heavy atom. The van der Waals surface area contributed by atoms with Gasteiger partial charge in [0.15, 0.2) is 3.79 Å². The Balaban J connectivity index is -0.000000218. The van der Waals surface area contributed by atoms with Gasteiger partial charge in [-0.2, -0.15) is 13.2 Å². The molecular weight excluding hydrogens is 380 g/mol. The molecule has 0 unspecified atom stereocenters. The van der Waals surface area contributed by atoms with Gasteiger partial charge >= 0.3 is 6.18 Å². The monoisotopic (exact) mass is 384 g/mol. The lowest BCUT2D eigenvalue weighted by Gasteiger charge is -2.09. The van der Waals surface area contributed by atoms with Crippen molar-refractivity contribution in [2.45, 2.75) is 34.1 Å². The van der Waals surface area contributed by atoms with Gasteiger partial charge in [0.05, 0.1) is 0 Å².